The average molecular weight is 461 g/mol. The molecule has 0 saturated carbocycles. The Kier molecular flexibility index (Phi) is 3.91. The van der Waals surface area contributed by atoms with E-state index in [9.17, 15) is 0 Å². The van der Waals surface area contributed by atoms with Gasteiger partial charge in [0.25, 0.3) is 0 Å². The lowest BCUT2D eigenvalue weighted by Gasteiger charge is -2.08. The number of hydrogen-bond acceptors (Lipinski definition) is 2. The smallest absolute Gasteiger partial charge is 0.0894 e. The summed E-state index contributed by atoms with van der Waals surface area (Å²) in [5.74, 6) is 0. The van der Waals surface area contributed by atoms with Crippen LogP contribution in [-0.2, 0) is 0 Å². The fraction of sp³-hybridized carbons (Fsp3) is 0. The molecule has 0 spiro atoms. The largest absolute Gasteiger partial charge is 0.353 e. The van der Waals surface area contributed by atoms with Gasteiger partial charge in [-0.1, -0.05) is 72.8 Å². The van der Waals surface area contributed by atoms with Crippen LogP contribution in [0, 0.1) is 0 Å². The maximum atomic E-state index is 5.18. The number of H-pyrrole nitrogens is 2. The number of benzene rings is 5. The second-order valence-corrected chi connectivity index (χ2v) is 9.27. The molecule has 0 saturated heterocycles. The molecule has 8 aromatic rings. The first-order chi connectivity index (χ1) is 17.8. The number of aromatic nitrogens is 4. The van der Waals surface area contributed by atoms with Gasteiger partial charge >= 0.3 is 0 Å². The lowest BCUT2D eigenvalue weighted by molar-refractivity contribution is 1.43. The molecule has 0 amide bonds. The van der Waals surface area contributed by atoms with E-state index < -0.39 is 0 Å². The van der Waals surface area contributed by atoms with Crippen LogP contribution < -0.4 is 0 Å². The molecule has 0 atom stereocenters. The molecule has 3 heterocycles. The van der Waals surface area contributed by atoms with Crippen LogP contribution in [0.2, 0.25) is 0 Å². The lowest BCUT2D eigenvalue weighted by atomic mass is 10.0. The number of nitrogens with one attached hydrogen (secondary N) is 2. The van der Waals surface area contributed by atoms with Gasteiger partial charge in [0.1, 0.15) is 0 Å². The van der Waals surface area contributed by atoms with Crippen molar-refractivity contribution in [2.24, 2.45) is 0 Å². The summed E-state index contributed by atoms with van der Waals surface area (Å²) in [6, 6.07) is 38.1. The van der Waals surface area contributed by atoms with Crippen LogP contribution in [0.5, 0.6) is 0 Å². The number of hydrogen-bond donors (Lipinski definition) is 2. The van der Waals surface area contributed by atoms with Crippen molar-refractivity contribution in [3.63, 3.8) is 0 Å². The Morgan fingerprint density at radius 3 is 1.28 bits per heavy atom. The van der Waals surface area contributed by atoms with E-state index >= 15 is 0 Å². The van der Waals surface area contributed by atoms with Crippen LogP contribution in [0.15, 0.2) is 109 Å². The van der Waals surface area contributed by atoms with Crippen molar-refractivity contribution in [2.45, 2.75) is 0 Å². The SMILES string of the molecule is c1ccc2[nH]c3cccc4ccc5ccc(nc5c43)c3ccc4ccc5cccc([nH]c2c1)c5c4n3. The summed E-state index contributed by atoms with van der Waals surface area (Å²) in [4.78, 5) is 17.8. The Bertz CT molecular complexity index is 2060. The minimum Gasteiger partial charge on any atom is -0.353 e. The molecule has 0 aliphatic carbocycles. The van der Waals surface area contributed by atoms with Crippen molar-refractivity contribution < 1.29 is 0 Å². The van der Waals surface area contributed by atoms with Crippen molar-refractivity contribution in [2.75, 3.05) is 0 Å². The number of rotatable bonds is 0. The fourth-order valence-corrected chi connectivity index (χ4v) is 5.40. The van der Waals surface area contributed by atoms with Crippen LogP contribution >= 0.6 is 0 Å². The van der Waals surface area contributed by atoms with Gasteiger partial charge in [-0.05, 0) is 47.2 Å². The van der Waals surface area contributed by atoms with Crippen LogP contribution in [0.25, 0.3) is 76.5 Å². The second-order valence-electron chi connectivity index (χ2n) is 9.27. The number of para-hydroxylation sites is 2. The summed E-state index contributed by atoms with van der Waals surface area (Å²) in [5, 5.41) is 6.71. The van der Waals surface area contributed by atoms with Crippen LogP contribution in [0.4, 0.5) is 0 Å². The normalized spacial score (nSPS) is 11.9. The molecule has 5 aromatic carbocycles. The van der Waals surface area contributed by atoms with E-state index in [0.29, 0.717) is 0 Å². The molecule has 0 aliphatic heterocycles. The minimum atomic E-state index is 0.867. The van der Waals surface area contributed by atoms with E-state index in [4.69, 9.17) is 9.97 Å². The van der Waals surface area contributed by atoms with Crippen molar-refractivity contribution >= 4 is 76.5 Å². The van der Waals surface area contributed by atoms with E-state index in [-0.39, 0.29) is 0 Å². The van der Waals surface area contributed by atoms with Crippen molar-refractivity contribution in [3.8, 4) is 0 Å². The maximum Gasteiger partial charge on any atom is 0.0894 e. The van der Waals surface area contributed by atoms with Gasteiger partial charge in [0, 0.05) is 32.6 Å². The molecule has 2 N–H and O–H groups in total. The van der Waals surface area contributed by atoms with Gasteiger partial charge in [0.15, 0.2) is 0 Å². The Morgan fingerprint density at radius 2 is 0.778 bits per heavy atom. The number of fused-ring (bicyclic) bond motifs is 4. The third-order valence-corrected chi connectivity index (χ3v) is 7.13. The highest BCUT2D eigenvalue weighted by Crippen LogP contribution is 2.31. The number of aromatic amines is 2. The molecule has 0 aliphatic rings. The third kappa shape index (κ3) is 2.82. The van der Waals surface area contributed by atoms with E-state index in [1.165, 1.54) is 0 Å². The van der Waals surface area contributed by atoms with Gasteiger partial charge in [-0.15, -0.1) is 0 Å². The third-order valence-electron chi connectivity index (χ3n) is 7.13. The number of pyridine rings is 2. The zero-order valence-electron chi connectivity index (χ0n) is 19.3. The van der Waals surface area contributed by atoms with Gasteiger partial charge in [0.05, 0.1) is 33.1 Å². The fourth-order valence-electron chi connectivity index (χ4n) is 5.40. The molecule has 3 aromatic heterocycles. The average Bonchev–Trinajstić information content (AvgIpc) is 2.93. The van der Waals surface area contributed by atoms with Gasteiger partial charge in [-0.25, -0.2) is 9.97 Å². The number of nitrogens with zero attached hydrogens (tertiary/aromatic N) is 2. The highest BCUT2D eigenvalue weighted by molar-refractivity contribution is 6.15. The summed E-state index contributed by atoms with van der Waals surface area (Å²) in [6.45, 7) is 0. The maximum absolute atomic E-state index is 5.18. The summed E-state index contributed by atoms with van der Waals surface area (Å²) >= 11 is 0. The van der Waals surface area contributed by atoms with Crippen LogP contribution in [-0.4, -0.2) is 19.9 Å². The molecule has 168 valence electrons. The summed E-state index contributed by atoms with van der Waals surface area (Å²) in [6.07, 6.45) is 0. The minimum absolute atomic E-state index is 0.867. The Labute approximate surface area is 205 Å². The molecule has 0 radical (unpaired) electrons. The van der Waals surface area contributed by atoms with Crippen LogP contribution in [0.3, 0.4) is 0 Å². The lowest BCUT2D eigenvalue weighted by Crippen LogP contribution is -1.89. The molecular weight excluding hydrogens is 440 g/mol. The van der Waals surface area contributed by atoms with Gasteiger partial charge < -0.3 is 9.97 Å². The van der Waals surface area contributed by atoms with Gasteiger partial charge in [-0.2, -0.15) is 0 Å². The molecule has 0 unspecified atom stereocenters. The Balaban J connectivity index is 1.74. The van der Waals surface area contributed by atoms with Crippen molar-refractivity contribution in [1.29, 1.82) is 0 Å². The summed E-state index contributed by atoms with van der Waals surface area (Å²) in [5.41, 5.74) is 7.72. The predicted molar refractivity (Wildman–Crippen MR) is 151 cm³/mol. The van der Waals surface area contributed by atoms with Gasteiger partial charge in [-0.3, -0.25) is 0 Å². The highest BCUT2D eigenvalue weighted by atomic mass is 14.8. The second kappa shape index (κ2) is 7.27. The molecule has 4 bridgehead atoms. The van der Waals surface area contributed by atoms with E-state index in [1.807, 2.05) is 0 Å². The highest BCUT2D eigenvalue weighted by Gasteiger charge is 2.09. The molecule has 8 rings (SSSR count). The topological polar surface area (TPSA) is 57.4 Å². The first-order valence-electron chi connectivity index (χ1n) is 12.1. The molecule has 4 heteroatoms. The molecule has 0 fully saturated rings. The zero-order valence-corrected chi connectivity index (χ0v) is 19.3. The first kappa shape index (κ1) is 19.4. The monoisotopic (exact) mass is 460 g/mol. The molecule has 4 nitrogen and oxygen atoms in total. The van der Waals surface area contributed by atoms with E-state index in [1.54, 1.807) is 0 Å². The first-order valence-corrected chi connectivity index (χ1v) is 12.1. The predicted octanol–water partition coefficient (Wildman–Crippen LogP) is 8.33. The standard InChI is InChI=1S/C32H20N4/c1-2-8-24-23(7-1)33-27-9-3-5-19-11-13-21-15-17-25(35-31(21)29(19)27)26-18-16-22-14-12-20-6-4-10-28(34-24)30(20)32(22)36-26/h1-18,33-34H. The molecule has 36 heavy (non-hydrogen) atoms. The quantitative estimate of drug-likeness (QED) is 0.224. The van der Waals surface area contributed by atoms with Crippen molar-refractivity contribution in [3.05, 3.63) is 109 Å². The summed E-state index contributed by atoms with van der Waals surface area (Å²) in [7, 11) is 0. The zero-order chi connectivity index (χ0) is 23.6. The summed E-state index contributed by atoms with van der Waals surface area (Å²) < 4.78 is 0. The van der Waals surface area contributed by atoms with E-state index in [2.05, 4.69) is 119 Å². The van der Waals surface area contributed by atoms with Crippen LogP contribution in [0.1, 0.15) is 0 Å². The van der Waals surface area contributed by atoms with E-state index in [0.717, 1.165) is 76.5 Å². The Morgan fingerprint density at radius 1 is 0.361 bits per heavy atom. The van der Waals surface area contributed by atoms with Crippen molar-refractivity contribution in [1.82, 2.24) is 19.9 Å². The van der Waals surface area contributed by atoms with Gasteiger partial charge in [0.2, 0.25) is 0 Å². The molecular formula is C32H20N4. The Hall–Kier alpha value is -4.96.